The molecule has 2 aromatic carbocycles. The average Bonchev–Trinajstić information content (AvgIpc) is 2.75. The number of piperidine rings is 1. The Labute approximate surface area is 166 Å². The largest absolute Gasteiger partial charge is 0.496 e. The Hall–Kier alpha value is -2.60. The Balaban J connectivity index is 1.76. The molecule has 2 unspecified atom stereocenters. The van der Waals surface area contributed by atoms with E-state index in [1.165, 1.54) is 0 Å². The number of rotatable bonds is 6. The fraction of sp³-hybridized carbons (Fsp3) is 0.455. The maximum atomic E-state index is 13.2. The molecule has 1 saturated heterocycles. The van der Waals surface area contributed by atoms with E-state index in [9.17, 15) is 9.59 Å². The summed E-state index contributed by atoms with van der Waals surface area (Å²) in [6.45, 7) is 3.74. The maximum Gasteiger partial charge on any atom is 0.254 e. The van der Waals surface area contributed by atoms with Crippen molar-refractivity contribution in [2.45, 2.75) is 25.8 Å². The molecule has 0 bridgehead atoms. The van der Waals surface area contributed by atoms with Crippen molar-refractivity contribution in [3.63, 3.8) is 0 Å². The number of fused-ring (bicyclic) bond motifs is 1. The number of benzene rings is 2. The Bertz CT molecular complexity index is 852. The molecule has 0 aromatic heterocycles. The lowest BCUT2D eigenvalue weighted by Gasteiger charge is -2.32. The summed E-state index contributed by atoms with van der Waals surface area (Å²) >= 11 is 0. The van der Waals surface area contributed by atoms with Crippen LogP contribution in [0.15, 0.2) is 36.4 Å². The first-order chi connectivity index (χ1) is 13.5. The van der Waals surface area contributed by atoms with Crippen LogP contribution in [0.5, 0.6) is 5.75 Å². The predicted molar refractivity (Wildman–Crippen MR) is 111 cm³/mol. The van der Waals surface area contributed by atoms with Gasteiger partial charge in [0, 0.05) is 36.6 Å². The number of likely N-dealkylation sites (tertiary alicyclic amines) is 1. The molecule has 1 aliphatic heterocycles. The molecule has 0 spiro atoms. The third-order valence-corrected chi connectivity index (χ3v) is 5.49. The summed E-state index contributed by atoms with van der Waals surface area (Å²) in [5.41, 5.74) is 0.654. The van der Waals surface area contributed by atoms with Gasteiger partial charge in [0.05, 0.1) is 13.0 Å². The third kappa shape index (κ3) is 4.28. The van der Waals surface area contributed by atoms with Gasteiger partial charge in [-0.05, 0) is 44.3 Å². The van der Waals surface area contributed by atoms with E-state index in [2.05, 4.69) is 10.6 Å². The zero-order valence-corrected chi connectivity index (χ0v) is 16.8. The molecule has 0 aliphatic carbocycles. The maximum absolute atomic E-state index is 13.2. The molecular weight excluding hydrogens is 354 g/mol. The van der Waals surface area contributed by atoms with Gasteiger partial charge in [-0.2, -0.15) is 0 Å². The summed E-state index contributed by atoms with van der Waals surface area (Å²) in [6, 6.07) is 11.6. The molecule has 2 N–H and O–H groups in total. The van der Waals surface area contributed by atoms with Crippen molar-refractivity contribution in [3.8, 4) is 5.75 Å². The summed E-state index contributed by atoms with van der Waals surface area (Å²) < 4.78 is 5.43. The standard InChI is InChI=1S/C22H29N3O3/c1-15(23-2)13-24-21(26)16-7-6-12-25(14-16)22(27)19-10-11-20(28-3)18-9-5-4-8-17(18)19/h4-5,8-11,15-16,23H,6-7,12-14H2,1-3H3,(H,24,26). The van der Waals surface area contributed by atoms with Gasteiger partial charge in [0.2, 0.25) is 5.91 Å². The van der Waals surface area contributed by atoms with Gasteiger partial charge in [0.15, 0.2) is 0 Å². The van der Waals surface area contributed by atoms with Crippen LogP contribution in [-0.2, 0) is 4.79 Å². The third-order valence-electron chi connectivity index (χ3n) is 5.49. The van der Waals surface area contributed by atoms with Gasteiger partial charge in [-0.1, -0.05) is 24.3 Å². The molecule has 28 heavy (non-hydrogen) atoms. The highest BCUT2D eigenvalue weighted by molar-refractivity contribution is 6.08. The topological polar surface area (TPSA) is 70.7 Å². The molecular formula is C22H29N3O3. The smallest absolute Gasteiger partial charge is 0.254 e. The Kier molecular flexibility index (Phi) is 6.52. The Morgan fingerprint density at radius 2 is 1.96 bits per heavy atom. The van der Waals surface area contributed by atoms with Crippen molar-refractivity contribution in [1.29, 1.82) is 0 Å². The van der Waals surface area contributed by atoms with E-state index in [0.29, 0.717) is 25.2 Å². The SMILES string of the molecule is CNC(C)CNC(=O)C1CCCN(C(=O)c2ccc(OC)c3ccccc23)C1. The van der Waals surface area contributed by atoms with Crippen molar-refractivity contribution < 1.29 is 14.3 Å². The second-order valence-corrected chi connectivity index (χ2v) is 7.39. The first-order valence-corrected chi connectivity index (χ1v) is 9.85. The highest BCUT2D eigenvalue weighted by Gasteiger charge is 2.29. The number of carbonyl (C=O) groups is 2. The molecule has 1 heterocycles. The number of nitrogens with zero attached hydrogens (tertiary/aromatic N) is 1. The molecule has 2 amide bonds. The van der Waals surface area contributed by atoms with Crippen molar-refractivity contribution in [2.24, 2.45) is 5.92 Å². The van der Waals surface area contributed by atoms with E-state index in [-0.39, 0.29) is 23.8 Å². The molecule has 6 heteroatoms. The van der Waals surface area contributed by atoms with Crippen LogP contribution in [0.25, 0.3) is 10.8 Å². The lowest BCUT2D eigenvalue weighted by molar-refractivity contribution is -0.126. The molecule has 2 aromatic rings. The molecule has 3 rings (SSSR count). The number of amides is 2. The molecule has 0 radical (unpaired) electrons. The molecule has 1 aliphatic rings. The van der Waals surface area contributed by atoms with Crippen molar-refractivity contribution >= 4 is 22.6 Å². The molecule has 0 saturated carbocycles. The number of ether oxygens (including phenoxy) is 1. The van der Waals surface area contributed by atoms with E-state index >= 15 is 0 Å². The van der Waals surface area contributed by atoms with E-state index in [0.717, 1.165) is 29.4 Å². The highest BCUT2D eigenvalue weighted by Crippen LogP contribution is 2.30. The van der Waals surface area contributed by atoms with E-state index < -0.39 is 0 Å². The van der Waals surface area contributed by atoms with Crippen molar-refractivity contribution in [2.75, 3.05) is 33.8 Å². The zero-order valence-electron chi connectivity index (χ0n) is 16.8. The van der Waals surface area contributed by atoms with Gasteiger partial charge in [0.1, 0.15) is 5.75 Å². The summed E-state index contributed by atoms with van der Waals surface area (Å²) in [5, 5.41) is 7.90. The van der Waals surface area contributed by atoms with Crippen LogP contribution < -0.4 is 15.4 Å². The van der Waals surface area contributed by atoms with E-state index in [4.69, 9.17) is 4.74 Å². The molecule has 1 fully saturated rings. The number of hydrogen-bond acceptors (Lipinski definition) is 4. The Morgan fingerprint density at radius 1 is 1.21 bits per heavy atom. The van der Waals surface area contributed by atoms with Gasteiger partial charge in [0.25, 0.3) is 5.91 Å². The van der Waals surface area contributed by atoms with Gasteiger partial charge >= 0.3 is 0 Å². The second-order valence-electron chi connectivity index (χ2n) is 7.39. The van der Waals surface area contributed by atoms with Crippen LogP contribution >= 0.6 is 0 Å². The van der Waals surface area contributed by atoms with Crippen LogP contribution in [0, 0.1) is 5.92 Å². The van der Waals surface area contributed by atoms with Gasteiger partial charge in [-0.25, -0.2) is 0 Å². The fourth-order valence-corrected chi connectivity index (χ4v) is 3.68. The lowest BCUT2D eigenvalue weighted by Crippen LogP contribution is -2.47. The van der Waals surface area contributed by atoms with Gasteiger partial charge < -0.3 is 20.3 Å². The van der Waals surface area contributed by atoms with Crippen LogP contribution in [0.1, 0.15) is 30.1 Å². The first-order valence-electron chi connectivity index (χ1n) is 9.85. The fourth-order valence-electron chi connectivity index (χ4n) is 3.68. The minimum absolute atomic E-state index is 0.0270. The quantitative estimate of drug-likeness (QED) is 0.804. The van der Waals surface area contributed by atoms with Crippen LogP contribution in [0.2, 0.25) is 0 Å². The lowest BCUT2D eigenvalue weighted by atomic mass is 9.95. The van der Waals surface area contributed by atoms with Crippen molar-refractivity contribution in [1.82, 2.24) is 15.5 Å². The van der Waals surface area contributed by atoms with Crippen molar-refractivity contribution in [3.05, 3.63) is 42.0 Å². The number of hydrogen-bond donors (Lipinski definition) is 2. The Morgan fingerprint density at radius 3 is 2.68 bits per heavy atom. The number of carbonyl (C=O) groups excluding carboxylic acids is 2. The highest BCUT2D eigenvalue weighted by atomic mass is 16.5. The van der Waals surface area contributed by atoms with E-state index in [1.54, 1.807) is 7.11 Å². The van der Waals surface area contributed by atoms with Gasteiger partial charge in [-0.15, -0.1) is 0 Å². The zero-order chi connectivity index (χ0) is 20.1. The monoisotopic (exact) mass is 383 g/mol. The normalized spacial score (nSPS) is 18.0. The van der Waals surface area contributed by atoms with Crippen LogP contribution in [0.3, 0.4) is 0 Å². The second kappa shape index (κ2) is 9.06. The number of nitrogens with one attached hydrogen (secondary N) is 2. The number of methoxy groups -OCH3 is 1. The summed E-state index contributed by atoms with van der Waals surface area (Å²) in [7, 11) is 3.50. The van der Waals surface area contributed by atoms with E-state index in [1.807, 2.05) is 55.3 Å². The number of likely N-dealkylation sites (N-methyl/N-ethyl adjacent to an activating group) is 1. The molecule has 2 atom stereocenters. The first kappa shape index (κ1) is 20.1. The minimum atomic E-state index is -0.161. The molecule has 6 nitrogen and oxygen atoms in total. The summed E-state index contributed by atoms with van der Waals surface area (Å²) in [5.74, 6) is 0.590. The minimum Gasteiger partial charge on any atom is -0.496 e. The van der Waals surface area contributed by atoms with Crippen LogP contribution in [0.4, 0.5) is 0 Å². The summed E-state index contributed by atoms with van der Waals surface area (Å²) in [6.07, 6.45) is 1.65. The summed E-state index contributed by atoms with van der Waals surface area (Å²) in [4.78, 5) is 27.6. The van der Waals surface area contributed by atoms with Crippen LogP contribution in [-0.4, -0.2) is 56.5 Å². The average molecular weight is 383 g/mol. The van der Waals surface area contributed by atoms with Gasteiger partial charge in [-0.3, -0.25) is 9.59 Å². The predicted octanol–water partition coefficient (Wildman–Crippen LogP) is 2.42. The molecule has 150 valence electrons.